The van der Waals surface area contributed by atoms with Crippen LogP contribution in [0.2, 0.25) is 0 Å². The lowest BCUT2D eigenvalue weighted by Crippen LogP contribution is -2.38. The Labute approximate surface area is 143 Å². The number of benzene rings is 1. The Bertz CT molecular complexity index is 539. The summed E-state index contributed by atoms with van der Waals surface area (Å²) in [5.41, 5.74) is 7.09. The van der Waals surface area contributed by atoms with Crippen LogP contribution in [0.5, 0.6) is 11.5 Å². The second-order valence-electron chi connectivity index (χ2n) is 6.14. The van der Waals surface area contributed by atoms with Crippen LogP contribution >= 0.6 is 12.4 Å². The molecule has 0 saturated heterocycles. The summed E-state index contributed by atoms with van der Waals surface area (Å²) in [4.78, 5) is 12.2. The molecule has 1 saturated carbocycles. The van der Waals surface area contributed by atoms with Crippen LogP contribution in [0, 0.1) is 5.92 Å². The fraction of sp³-hybridized carbons (Fsp3) is 0.588. The van der Waals surface area contributed by atoms with Crippen LogP contribution in [-0.2, 0) is 11.2 Å². The average Bonchev–Trinajstić information content (AvgIpc) is 2.54. The Morgan fingerprint density at radius 1 is 1.22 bits per heavy atom. The van der Waals surface area contributed by atoms with Gasteiger partial charge in [-0.2, -0.15) is 0 Å². The van der Waals surface area contributed by atoms with Gasteiger partial charge in [-0.3, -0.25) is 4.79 Å². The third-order valence-electron chi connectivity index (χ3n) is 4.41. The molecule has 0 aromatic heterocycles. The van der Waals surface area contributed by atoms with Crippen molar-refractivity contribution in [3.05, 3.63) is 23.8 Å². The number of rotatable bonds is 4. The molecular formula is C17H25ClN2O3. The minimum Gasteiger partial charge on any atom is -0.486 e. The van der Waals surface area contributed by atoms with E-state index in [1.165, 1.54) is 0 Å². The number of nitrogens with one attached hydrogen (secondary N) is 1. The van der Waals surface area contributed by atoms with Crippen molar-refractivity contribution in [2.75, 3.05) is 19.8 Å². The Hall–Kier alpha value is -1.46. The number of halogens is 1. The van der Waals surface area contributed by atoms with Gasteiger partial charge in [0.15, 0.2) is 11.5 Å². The molecule has 1 aliphatic carbocycles. The van der Waals surface area contributed by atoms with E-state index in [9.17, 15) is 4.79 Å². The van der Waals surface area contributed by atoms with E-state index in [4.69, 9.17) is 15.2 Å². The lowest BCUT2D eigenvalue weighted by Gasteiger charge is -2.25. The van der Waals surface area contributed by atoms with Gasteiger partial charge >= 0.3 is 0 Å². The molecule has 6 heteroatoms. The van der Waals surface area contributed by atoms with Gasteiger partial charge in [-0.05, 0) is 43.4 Å². The number of carbonyl (C=O) groups excluding carboxylic acids is 1. The number of hydrogen-bond donors (Lipinski definition) is 2. The largest absolute Gasteiger partial charge is 0.486 e. The Morgan fingerprint density at radius 2 is 2.00 bits per heavy atom. The summed E-state index contributed by atoms with van der Waals surface area (Å²) in [6.45, 7) is 1.84. The zero-order valence-electron chi connectivity index (χ0n) is 13.3. The smallest absolute Gasteiger partial charge is 0.223 e. The minimum absolute atomic E-state index is 0. The Kier molecular flexibility index (Phi) is 6.54. The molecule has 23 heavy (non-hydrogen) atoms. The van der Waals surface area contributed by atoms with Crippen LogP contribution in [0.25, 0.3) is 0 Å². The summed E-state index contributed by atoms with van der Waals surface area (Å²) in [6, 6.07) is 6.14. The van der Waals surface area contributed by atoms with Gasteiger partial charge in [-0.25, -0.2) is 0 Å². The van der Waals surface area contributed by atoms with E-state index in [0.717, 1.165) is 49.2 Å². The van der Waals surface area contributed by atoms with E-state index in [1.807, 2.05) is 18.2 Å². The predicted octanol–water partition coefficient (Wildman–Crippen LogP) is 2.06. The maximum Gasteiger partial charge on any atom is 0.223 e. The van der Waals surface area contributed by atoms with Crippen molar-refractivity contribution in [2.24, 2.45) is 11.7 Å². The van der Waals surface area contributed by atoms with Crippen molar-refractivity contribution < 1.29 is 14.3 Å². The molecule has 0 spiro atoms. The van der Waals surface area contributed by atoms with Gasteiger partial charge in [-0.1, -0.05) is 12.5 Å². The van der Waals surface area contributed by atoms with E-state index in [2.05, 4.69) is 5.32 Å². The van der Waals surface area contributed by atoms with Crippen LogP contribution in [0.1, 0.15) is 31.2 Å². The van der Waals surface area contributed by atoms with E-state index in [1.54, 1.807) is 0 Å². The third-order valence-corrected chi connectivity index (χ3v) is 4.41. The molecule has 1 aromatic rings. The fourth-order valence-corrected chi connectivity index (χ4v) is 3.18. The minimum atomic E-state index is 0. The van der Waals surface area contributed by atoms with Gasteiger partial charge in [0.25, 0.3) is 0 Å². The first-order valence-electron chi connectivity index (χ1n) is 8.14. The molecule has 1 heterocycles. The number of amides is 1. The highest BCUT2D eigenvalue weighted by Gasteiger charge is 2.24. The molecule has 1 aromatic carbocycles. The van der Waals surface area contributed by atoms with Crippen molar-refractivity contribution in [2.45, 2.75) is 38.1 Å². The number of carbonyl (C=O) groups is 1. The Balaban J connectivity index is 0.00000192. The molecule has 1 aliphatic heterocycles. The molecule has 2 atom stereocenters. The van der Waals surface area contributed by atoms with Crippen molar-refractivity contribution in [1.29, 1.82) is 0 Å². The Morgan fingerprint density at radius 3 is 2.78 bits per heavy atom. The predicted molar refractivity (Wildman–Crippen MR) is 91.3 cm³/mol. The lowest BCUT2D eigenvalue weighted by atomic mass is 9.85. The summed E-state index contributed by atoms with van der Waals surface area (Å²) in [5, 5.41) is 3.03. The maximum absolute atomic E-state index is 12.2. The second-order valence-corrected chi connectivity index (χ2v) is 6.14. The molecule has 3 N–H and O–H groups in total. The van der Waals surface area contributed by atoms with Gasteiger partial charge in [0, 0.05) is 18.5 Å². The molecule has 1 amide bonds. The van der Waals surface area contributed by atoms with Gasteiger partial charge in [0.1, 0.15) is 13.2 Å². The monoisotopic (exact) mass is 340 g/mol. The standard InChI is InChI=1S/C17H24N2O3.ClH/c18-14-3-1-2-13(11-14)17(20)19-7-6-12-4-5-15-16(10-12)22-9-8-21-15;/h4-5,10,13-14H,1-3,6-9,11,18H2,(H,19,20);1H. The first-order chi connectivity index (χ1) is 10.7. The number of nitrogens with two attached hydrogens (primary N) is 1. The average molecular weight is 341 g/mol. The van der Waals surface area contributed by atoms with Gasteiger partial charge in [0.2, 0.25) is 5.91 Å². The zero-order chi connectivity index (χ0) is 15.4. The molecule has 1 fully saturated rings. The summed E-state index contributed by atoms with van der Waals surface area (Å²) >= 11 is 0. The summed E-state index contributed by atoms with van der Waals surface area (Å²) in [5.74, 6) is 1.83. The fourth-order valence-electron chi connectivity index (χ4n) is 3.18. The first-order valence-corrected chi connectivity index (χ1v) is 8.14. The first kappa shape index (κ1) is 17.9. The van der Waals surface area contributed by atoms with Gasteiger partial charge < -0.3 is 20.5 Å². The maximum atomic E-state index is 12.2. The highest BCUT2D eigenvalue weighted by Crippen LogP contribution is 2.30. The van der Waals surface area contributed by atoms with Crippen molar-refractivity contribution >= 4 is 18.3 Å². The van der Waals surface area contributed by atoms with Crippen molar-refractivity contribution in [1.82, 2.24) is 5.32 Å². The van der Waals surface area contributed by atoms with E-state index < -0.39 is 0 Å². The van der Waals surface area contributed by atoms with Crippen molar-refractivity contribution in [3.8, 4) is 11.5 Å². The van der Waals surface area contributed by atoms with E-state index in [0.29, 0.717) is 19.8 Å². The number of hydrogen-bond acceptors (Lipinski definition) is 4. The number of fused-ring (bicyclic) bond motifs is 1. The topological polar surface area (TPSA) is 73.6 Å². The van der Waals surface area contributed by atoms with Crippen LogP contribution < -0.4 is 20.5 Å². The normalized spacial score (nSPS) is 22.8. The quantitative estimate of drug-likeness (QED) is 0.879. The van der Waals surface area contributed by atoms with E-state index >= 15 is 0 Å². The molecule has 2 unspecified atom stereocenters. The zero-order valence-corrected chi connectivity index (χ0v) is 14.1. The van der Waals surface area contributed by atoms with Gasteiger partial charge in [0.05, 0.1) is 0 Å². The van der Waals surface area contributed by atoms with Crippen LogP contribution in [-0.4, -0.2) is 31.7 Å². The summed E-state index contributed by atoms with van der Waals surface area (Å²) in [7, 11) is 0. The van der Waals surface area contributed by atoms with Gasteiger partial charge in [-0.15, -0.1) is 12.4 Å². The van der Waals surface area contributed by atoms with Crippen LogP contribution in [0.3, 0.4) is 0 Å². The van der Waals surface area contributed by atoms with Crippen LogP contribution in [0.4, 0.5) is 0 Å². The van der Waals surface area contributed by atoms with Crippen LogP contribution in [0.15, 0.2) is 18.2 Å². The highest BCUT2D eigenvalue weighted by atomic mass is 35.5. The highest BCUT2D eigenvalue weighted by molar-refractivity contribution is 5.85. The molecule has 128 valence electrons. The molecule has 0 radical (unpaired) electrons. The van der Waals surface area contributed by atoms with Crippen molar-refractivity contribution in [3.63, 3.8) is 0 Å². The molecule has 2 aliphatic rings. The molecule has 5 nitrogen and oxygen atoms in total. The second kappa shape index (κ2) is 8.41. The van der Waals surface area contributed by atoms with E-state index in [-0.39, 0.29) is 30.3 Å². The summed E-state index contributed by atoms with van der Waals surface area (Å²) < 4.78 is 11.1. The molecule has 0 bridgehead atoms. The summed E-state index contributed by atoms with van der Waals surface area (Å²) in [6.07, 6.45) is 4.67. The molecule has 3 rings (SSSR count). The molecular weight excluding hydrogens is 316 g/mol. The SMILES string of the molecule is Cl.NC1CCCC(C(=O)NCCc2ccc3c(c2)OCCO3)C1. The number of ether oxygens (including phenoxy) is 2. The third kappa shape index (κ3) is 4.75. The lowest BCUT2D eigenvalue weighted by molar-refractivity contribution is -0.126.